The molecular weight excluding hydrogens is 316 g/mol. The molecule has 1 rings (SSSR count). The van der Waals surface area contributed by atoms with E-state index in [1.54, 1.807) is 0 Å². The molecule has 25 heavy (non-hydrogen) atoms. The van der Waals surface area contributed by atoms with Gasteiger partial charge in [-0.15, -0.1) is 0 Å². The Morgan fingerprint density at radius 1 is 1.20 bits per heavy atom. The van der Waals surface area contributed by atoms with E-state index in [2.05, 4.69) is 59.9 Å². The third kappa shape index (κ3) is 8.42. The summed E-state index contributed by atoms with van der Waals surface area (Å²) in [5.41, 5.74) is 2.23. The summed E-state index contributed by atoms with van der Waals surface area (Å²) in [6.45, 7) is 12.3. The van der Waals surface area contributed by atoms with Crippen LogP contribution in [-0.2, 0) is 11.3 Å². The van der Waals surface area contributed by atoms with E-state index in [1.807, 2.05) is 6.92 Å². The van der Waals surface area contributed by atoms with Gasteiger partial charge in [0.15, 0.2) is 5.96 Å². The van der Waals surface area contributed by atoms with Crippen molar-refractivity contribution in [1.82, 2.24) is 16.0 Å². The maximum Gasteiger partial charge on any atom is 0.216 e. The first kappa shape index (κ1) is 20.8. The summed E-state index contributed by atoms with van der Waals surface area (Å²) in [4.78, 5) is 15.5. The van der Waals surface area contributed by atoms with Crippen LogP contribution in [0.2, 0.25) is 0 Å². The van der Waals surface area contributed by atoms with Crippen LogP contribution in [0.15, 0.2) is 23.2 Å². The number of amides is 1. The third-order valence-corrected chi connectivity index (χ3v) is 3.67. The highest BCUT2D eigenvalue weighted by Gasteiger charge is 2.08. The molecule has 0 aromatic heterocycles. The standard InChI is InChI=1S/C19H32N4O2/c1-6-15(4)25-18-12-14(3)8-9-17(18)13-23-19(20-7-2)22-11-10-21-16(5)24/h8-9,12,15H,6-7,10-11,13H2,1-5H3,(H,21,24)(H2,20,22,23). The van der Waals surface area contributed by atoms with Crippen molar-refractivity contribution in [3.63, 3.8) is 0 Å². The van der Waals surface area contributed by atoms with E-state index in [0.29, 0.717) is 19.6 Å². The van der Waals surface area contributed by atoms with Gasteiger partial charge in [-0.1, -0.05) is 19.1 Å². The number of carbonyl (C=O) groups excluding carboxylic acids is 1. The Morgan fingerprint density at radius 3 is 2.56 bits per heavy atom. The molecule has 0 aliphatic heterocycles. The monoisotopic (exact) mass is 348 g/mol. The average Bonchev–Trinajstić information content (AvgIpc) is 2.57. The Hall–Kier alpha value is -2.24. The molecule has 0 bridgehead atoms. The first-order valence-corrected chi connectivity index (χ1v) is 8.99. The summed E-state index contributed by atoms with van der Waals surface area (Å²) in [6, 6.07) is 6.21. The number of aryl methyl sites for hydroxylation is 1. The second-order valence-electron chi connectivity index (χ2n) is 6.05. The molecule has 1 aromatic rings. The molecule has 1 atom stereocenters. The van der Waals surface area contributed by atoms with E-state index in [4.69, 9.17) is 4.74 Å². The predicted molar refractivity (Wildman–Crippen MR) is 103 cm³/mol. The van der Waals surface area contributed by atoms with Gasteiger partial charge in [0.05, 0.1) is 12.6 Å². The second-order valence-corrected chi connectivity index (χ2v) is 6.05. The Kier molecular flexibility index (Phi) is 9.43. The van der Waals surface area contributed by atoms with Gasteiger partial charge < -0.3 is 20.7 Å². The molecule has 6 heteroatoms. The molecule has 0 spiro atoms. The van der Waals surface area contributed by atoms with Crippen molar-refractivity contribution in [2.75, 3.05) is 19.6 Å². The van der Waals surface area contributed by atoms with Crippen LogP contribution in [0, 0.1) is 6.92 Å². The highest BCUT2D eigenvalue weighted by Crippen LogP contribution is 2.23. The predicted octanol–water partition coefficient (Wildman–Crippen LogP) is 2.36. The number of rotatable bonds is 9. The summed E-state index contributed by atoms with van der Waals surface area (Å²) in [5.74, 6) is 1.59. The quantitative estimate of drug-likeness (QED) is 0.364. The molecule has 1 aromatic carbocycles. The summed E-state index contributed by atoms with van der Waals surface area (Å²) < 4.78 is 6.04. The van der Waals surface area contributed by atoms with Gasteiger partial charge in [0.1, 0.15) is 5.75 Å². The van der Waals surface area contributed by atoms with Gasteiger partial charge in [0, 0.05) is 32.1 Å². The van der Waals surface area contributed by atoms with Crippen molar-refractivity contribution in [3.8, 4) is 5.75 Å². The number of guanidine groups is 1. The molecule has 140 valence electrons. The van der Waals surface area contributed by atoms with Gasteiger partial charge in [0.2, 0.25) is 5.91 Å². The van der Waals surface area contributed by atoms with Crippen molar-refractivity contribution in [3.05, 3.63) is 29.3 Å². The molecule has 0 heterocycles. The largest absolute Gasteiger partial charge is 0.490 e. The first-order chi connectivity index (χ1) is 12.0. The number of nitrogens with zero attached hydrogens (tertiary/aromatic N) is 1. The van der Waals surface area contributed by atoms with Gasteiger partial charge in [-0.05, 0) is 38.8 Å². The maximum absolute atomic E-state index is 10.9. The number of nitrogens with one attached hydrogen (secondary N) is 3. The van der Waals surface area contributed by atoms with Gasteiger partial charge >= 0.3 is 0 Å². The molecule has 0 saturated heterocycles. The normalized spacial score (nSPS) is 12.4. The van der Waals surface area contributed by atoms with Crippen LogP contribution >= 0.6 is 0 Å². The third-order valence-electron chi connectivity index (χ3n) is 3.67. The smallest absolute Gasteiger partial charge is 0.216 e. The zero-order valence-electron chi connectivity index (χ0n) is 16.1. The van der Waals surface area contributed by atoms with Gasteiger partial charge in [0.25, 0.3) is 0 Å². The molecule has 1 amide bonds. The zero-order valence-corrected chi connectivity index (χ0v) is 16.1. The molecule has 1 unspecified atom stereocenters. The average molecular weight is 348 g/mol. The van der Waals surface area contributed by atoms with Crippen molar-refractivity contribution in [1.29, 1.82) is 0 Å². The molecule has 6 nitrogen and oxygen atoms in total. The lowest BCUT2D eigenvalue weighted by Crippen LogP contribution is -2.41. The maximum atomic E-state index is 10.9. The van der Waals surface area contributed by atoms with E-state index in [-0.39, 0.29) is 12.0 Å². The van der Waals surface area contributed by atoms with Gasteiger partial charge in [-0.25, -0.2) is 4.99 Å². The minimum absolute atomic E-state index is 0.0322. The van der Waals surface area contributed by atoms with E-state index >= 15 is 0 Å². The second kappa shape index (κ2) is 11.3. The lowest BCUT2D eigenvalue weighted by molar-refractivity contribution is -0.118. The molecule has 0 aliphatic rings. The summed E-state index contributed by atoms with van der Waals surface area (Å²) in [5, 5.41) is 9.18. The number of ether oxygens (including phenoxy) is 1. The lowest BCUT2D eigenvalue weighted by atomic mass is 10.1. The van der Waals surface area contributed by atoms with Crippen molar-refractivity contribution in [2.24, 2.45) is 4.99 Å². The number of benzene rings is 1. The summed E-state index contributed by atoms with van der Waals surface area (Å²) >= 11 is 0. The van der Waals surface area contributed by atoms with Gasteiger partial charge in [-0.2, -0.15) is 0 Å². The number of carbonyl (C=O) groups is 1. The van der Waals surface area contributed by atoms with Crippen LogP contribution in [0.3, 0.4) is 0 Å². The van der Waals surface area contributed by atoms with E-state index in [9.17, 15) is 4.79 Å². The molecule has 0 radical (unpaired) electrons. The first-order valence-electron chi connectivity index (χ1n) is 8.99. The van der Waals surface area contributed by atoms with Crippen LogP contribution in [-0.4, -0.2) is 37.6 Å². The zero-order chi connectivity index (χ0) is 18.7. The van der Waals surface area contributed by atoms with E-state index in [0.717, 1.165) is 30.2 Å². The fourth-order valence-electron chi connectivity index (χ4n) is 2.13. The van der Waals surface area contributed by atoms with Crippen molar-refractivity contribution < 1.29 is 9.53 Å². The topological polar surface area (TPSA) is 74.8 Å². The summed E-state index contributed by atoms with van der Waals surface area (Å²) in [6.07, 6.45) is 1.14. The van der Waals surface area contributed by atoms with Gasteiger partial charge in [-0.3, -0.25) is 4.79 Å². The molecule has 0 saturated carbocycles. The number of hydrogen-bond acceptors (Lipinski definition) is 3. The Morgan fingerprint density at radius 2 is 1.92 bits per heavy atom. The molecule has 0 fully saturated rings. The van der Waals surface area contributed by atoms with Crippen molar-refractivity contribution >= 4 is 11.9 Å². The SMILES string of the molecule is CCNC(=NCc1ccc(C)cc1OC(C)CC)NCCNC(C)=O. The van der Waals surface area contributed by atoms with Crippen LogP contribution in [0.25, 0.3) is 0 Å². The Bertz CT molecular complexity index is 573. The van der Waals surface area contributed by atoms with E-state index in [1.165, 1.54) is 12.5 Å². The number of hydrogen-bond donors (Lipinski definition) is 3. The van der Waals surface area contributed by atoms with Crippen LogP contribution in [0.4, 0.5) is 0 Å². The van der Waals surface area contributed by atoms with E-state index < -0.39 is 0 Å². The minimum Gasteiger partial charge on any atom is -0.490 e. The lowest BCUT2D eigenvalue weighted by Gasteiger charge is -2.17. The Balaban J connectivity index is 2.75. The molecule has 0 aliphatic carbocycles. The Labute approximate surface area is 151 Å². The molecular formula is C19H32N4O2. The van der Waals surface area contributed by atoms with Crippen LogP contribution < -0.4 is 20.7 Å². The van der Waals surface area contributed by atoms with Crippen LogP contribution in [0.5, 0.6) is 5.75 Å². The van der Waals surface area contributed by atoms with Crippen molar-refractivity contribution in [2.45, 2.75) is 53.7 Å². The fourth-order valence-corrected chi connectivity index (χ4v) is 2.13. The highest BCUT2D eigenvalue weighted by molar-refractivity contribution is 5.80. The highest BCUT2D eigenvalue weighted by atomic mass is 16.5. The molecule has 3 N–H and O–H groups in total. The minimum atomic E-state index is -0.0322. The summed E-state index contributed by atoms with van der Waals surface area (Å²) in [7, 11) is 0. The van der Waals surface area contributed by atoms with Crippen LogP contribution in [0.1, 0.15) is 45.2 Å². The number of aliphatic imine (C=N–C) groups is 1. The fraction of sp³-hybridized carbons (Fsp3) is 0.579.